The van der Waals surface area contributed by atoms with Gasteiger partial charge in [0.2, 0.25) is 0 Å². The summed E-state index contributed by atoms with van der Waals surface area (Å²) in [4.78, 5) is 5.16. The van der Waals surface area contributed by atoms with Gasteiger partial charge in [-0.1, -0.05) is 38.1 Å². The Bertz CT molecular complexity index is 1050. The van der Waals surface area contributed by atoms with Crippen molar-refractivity contribution in [1.29, 1.82) is 0 Å². The van der Waals surface area contributed by atoms with Crippen molar-refractivity contribution in [2.24, 2.45) is 0 Å². The van der Waals surface area contributed by atoms with E-state index in [0.29, 0.717) is 23.9 Å². The number of methoxy groups -OCH3 is 1. The molecule has 4 atom stereocenters. The normalized spacial score (nSPS) is 26.4. The molecule has 6 nitrogen and oxygen atoms in total. The van der Waals surface area contributed by atoms with Crippen molar-refractivity contribution in [3.05, 3.63) is 58.7 Å². The van der Waals surface area contributed by atoms with Crippen LogP contribution in [0.4, 0.5) is 0 Å². The van der Waals surface area contributed by atoms with Crippen molar-refractivity contribution >= 4 is 12.4 Å². The number of rotatable bonds is 5. The lowest BCUT2D eigenvalue weighted by Crippen LogP contribution is -2.55. The maximum atomic E-state index is 9.95. The Morgan fingerprint density at radius 2 is 1.32 bits per heavy atom. The van der Waals surface area contributed by atoms with E-state index in [2.05, 4.69) is 47.9 Å². The lowest BCUT2D eigenvalue weighted by molar-refractivity contribution is -0.0741. The third kappa shape index (κ3) is 6.15. The summed E-state index contributed by atoms with van der Waals surface area (Å²) in [6, 6.07) is 13.3. The summed E-state index contributed by atoms with van der Waals surface area (Å²) < 4.78 is 17.4. The summed E-state index contributed by atoms with van der Waals surface area (Å²) in [6.45, 7) is 10.6. The molecule has 0 bridgehead atoms. The van der Waals surface area contributed by atoms with Crippen molar-refractivity contribution < 1.29 is 19.3 Å². The summed E-state index contributed by atoms with van der Waals surface area (Å²) in [5.41, 5.74) is 5.18. The summed E-state index contributed by atoms with van der Waals surface area (Å²) >= 11 is 0. The van der Waals surface area contributed by atoms with Gasteiger partial charge in [0, 0.05) is 38.0 Å². The van der Waals surface area contributed by atoms with E-state index in [-0.39, 0.29) is 18.5 Å². The highest BCUT2D eigenvalue weighted by Gasteiger charge is 2.38. The van der Waals surface area contributed by atoms with E-state index in [1.807, 2.05) is 6.07 Å². The molecular formula is C31H45ClN2O4. The van der Waals surface area contributed by atoms with Crippen molar-refractivity contribution in [3.8, 4) is 11.5 Å². The predicted octanol–water partition coefficient (Wildman–Crippen LogP) is 4.67. The fourth-order valence-electron chi connectivity index (χ4n) is 6.83. The minimum absolute atomic E-state index is 0. The fraction of sp³-hybridized carbons (Fsp3) is 0.613. The van der Waals surface area contributed by atoms with E-state index in [1.54, 1.807) is 13.2 Å². The van der Waals surface area contributed by atoms with Gasteiger partial charge < -0.3 is 19.3 Å². The van der Waals surface area contributed by atoms with Crippen LogP contribution in [0.2, 0.25) is 0 Å². The molecule has 2 fully saturated rings. The van der Waals surface area contributed by atoms with E-state index in [1.165, 1.54) is 36.1 Å². The predicted molar refractivity (Wildman–Crippen MR) is 154 cm³/mol. The second-order valence-electron chi connectivity index (χ2n) is 10.9. The lowest BCUT2D eigenvalue weighted by Gasteiger charge is -2.44. The van der Waals surface area contributed by atoms with Gasteiger partial charge >= 0.3 is 0 Å². The van der Waals surface area contributed by atoms with Crippen LogP contribution in [-0.2, 0) is 35.2 Å². The van der Waals surface area contributed by atoms with Gasteiger partial charge in [-0.2, -0.15) is 0 Å². The Hall–Kier alpha value is -1.83. The minimum atomic E-state index is 0. The van der Waals surface area contributed by atoms with E-state index in [0.717, 1.165) is 69.8 Å². The molecule has 2 aromatic rings. The SMILES string of the molecule is CCCN1CCO[C@H]2Cc3c(O)cccc3C[C@@H]21.CCCN1CCO[C@H]2Cc3c(cccc3OC)C[C@@H]21.Cl. The molecule has 2 saturated heterocycles. The van der Waals surface area contributed by atoms with Gasteiger partial charge in [0.15, 0.2) is 0 Å². The Morgan fingerprint density at radius 3 is 1.87 bits per heavy atom. The molecule has 2 heterocycles. The zero-order chi connectivity index (χ0) is 25.8. The van der Waals surface area contributed by atoms with Crippen LogP contribution in [0, 0.1) is 0 Å². The third-order valence-corrected chi connectivity index (χ3v) is 8.61. The first-order valence-corrected chi connectivity index (χ1v) is 14.3. The monoisotopic (exact) mass is 544 g/mol. The third-order valence-electron chi connectivity index (χ3n) is 8.61. The van der Waals surface area contributed by atoms with E-state index in [9.17, 15) is 5.11 Å². The summed E-state index contributed by atoms with van der Waals surface area (Å²) in [6.07, 6.45) is 6.95. The summed E-state index contributed by atoms with van der Waals surface area (Å²) in [5.74, 6) is 1.45. The van der Waals surface area contributed by atoms with Gasteiger partial charge in [0.05, 0.1) is 32.5 Å². The Balaban J connectivity index is 0.000000173. The molecule has 38 heavy (non-hydrogen) atoms. The molecular weight excluding hydrogens is 500 g/mol. The Morgan fingerprint density at radius 1 is 0.789 bits per heavy atom. The molecule has 7 heteroatoms. The van der Waals surface area contributed by atoms with Gasteiger partial charge in [0.25, 0.3) is 0 Å². The van der Waals surface area contributed by atoms with Crippen molar-refractivity contribution in [2.45, 2.75) is 76.7 Å². The zero-order valence-electron chi connectivity index (χ0n) is 23.2. The number of hydrogen-bond acceptors (Lipinski definition) is 6. The molecule has 2 aliphatic carbocycles. The number of aromatic hydroxyl groups is 1. The van der Waals surface area contributed by atoms with Gasteiger partial charge in [-0.25, -0.2) is 0 Å². The zero-order valence-corrected chi connectivity index (χ0v) is 24.0. The summed E-state index contributed by atoms with van der Waals surface area (Å²) in [5, 5.41) is 9.95. The number of morpholine rings is 2. The minimum Gasteiger partial charge on any atom is -0.508 e. The highest BCUT2D eigenvalue weighted by atomic mass is 35.5. The highest BCUT2D eigenvalue weighted by molar-refractivity contribution is 5.85. The Kier molecular flexibility index (Phi) is 10.4. The molecule has 0 saturated carbocycles. The largest absolute Gasteiger partial charge is 0.508 e. The number of phenols is 1. The average molecular weight is 545 g/mol. The number of nitrogens with zero attached hydrogens (tertiary/aromatic N) is 2. The molecule has 2 aliphatic heterocycles. The van der Waals surface area contributed by atoms with Crippen LogP contribution in [0.3, 0.4) is 0 Å². The highest BCUT2D eigenvalue weighted by Crippen LogP contribution is 2.35. The molecule has 0 amide bonds. The van der Waals surface area contributed by atoms with Crippen LogP contribution in [0.5, 0.6) is 11.5 Å². The van der Waals surface area contributed by atoms with Crippen molar-refractivity contribution in [1.82, 2.24) is 9.80 Å². The maximum Gasteiger partial charge on any atom is 0.122 e. The maximum absolute atomic E-state index is 9.95. The van der Waals surface area contributed by atoms with Crippen molar-refractivity contribution in [3.63, 3.8) is 0 Å². The van der Waals surface area contributed by atoms with Crippen LogP contribution in [0.25, 0.3) is 0 Å². The quantitative estimate of drug-likeness (QED) is 0.590. The molecule has 6 rings (SSSR count). The van der Waals surface area contributed by atoms with E-state index >= 15 is 0 Å². The number of ether oxygens (including phenoxy) is 3. The first kappa shape index (κ1) is 29.2. The van der Waals surface area contributed by atoms with Crippen LogP contribution < -0.4 is 4.74 Å². The number of hydrogen-bond donors (Lipinski definition) is 1. The summed E-state index contributed by atoms with van der Waals surface area (Å²) in [7, 11) is 1.76. The average Bonchev–Trinajstić information content (AvgIpc) is 2.92. The smallest absolute Gasteiger partial charge is 0.122 e. The molecule has 0 aromatic heterocycles. The molecule has 210 valence electrons. The second-order valence-corrected chi connectivity index (χ2v) is 10.9. The molecule has 1 N–H and O–H groups in total. The van der Waals surface area contributed by atoms with Crippen LogP contribution >= 0.6 is 12.4 Å². The van der Waals surface area contributed by atoms with E-state index in [4.69, 9.17) is 14.2 Å². The lowest BCUT2D eigenvalue weighted by atomic mass is 9.84. The topological polar surface area (TPSA) is 54.4 Å². The fourth-order valence-corrected chi connectivity index (χ4v) is 6.83. The number of phenolic OH excluding ortho intramolecular Hbond substituents is 1. The number of benzene rings is 2. The molecule has 0 unspecified atom stereocenters. The molecule has 0 radical (unpaired) electrons. The van der Waals surface area contributed by atoms with Crippen LogP contribution in [0.1, 0.15) is 48.9 Å². The molecule has 2 aromatic carbocycles. The second kappa shape index (κ2) is 13.5. The number of fused-ring (bicyclic) bond motifs is 4. The first-order chi connectivity index (χ1) is 18.1. The molecule has 0 spiro atoms. The van der Waals surface area contributed by atoms with Crippen LogP contribution in [0.15, 0.2) is 36.4 Å². The Labute approximate surface area is 234 Å². The van der Waals surface area contributed by atoms with Gasteiger partial charge in [0.1, 0.15) is 11.5 Å². The van der Waals surface area contributed by atoms with Crippen molar-refractivity contribution in [2.75, 3.05) is 46.5 Å². The van der Waals surface area contributed by atoms with E-state index < -0.39 is 0 Å². The van der Waals surface area contributed by atoms with Gasteiger partial charge in [-0.15, -0.1) is 12.4 Å². The van der Waals surface area contributed by atoms with Gasteiger partial charge in [-0.3, -0.25) is 9.80 Å². The molecule has 4 aliphatic rings. The van der Waals surface area contributed by atoms with Gasteiger partial charge in [-0.05, 0) is 73.2 Å². The number of halogens is 1. The standard InChI is InChI=1S/C16H23NO2.C15H21NO2.ClH/c1-3-7-17-8-9-19-16-11-13-12(10-14(16)17)5-4-6-15(13)18-2;1-2-6-16-7-8-18-15-10-12-11(9-13(15)16)4-3-5-14(12)17;/h4-6,14,16H,3,7-11H2,1-2H3;3-5,13,15,17H,2,6-10H2,1H3;1H/t14-,16-;13-,15-;/m00./s1. The van der Waals surface area contributed by atoms with Crippen LogP contribution in [-0.4, -0.2) is 85.7 Å². The first-order valence-electron chi connectivity index (χ1n) is 14.3.